The summed E-state index contributed by atoms with van der Waals surface area (Å²) in [4.78, 5) is 11.8. The molecular weight excluding hydrogens is 333 g/mol. The molecule has 0 bridgehead atoms. The molecule has 0 aromatic heterocycles. The van der Waals surface area contributed by atoms with Crippen molar-refractivity contribution in [3.8, 4) is 0 Å². The van der Waals surface area contributed by atoms with Gasteiger partial charge in [-0.05, 0) is 74.2 Å². The largest absolute Gasteiger partial charge is 0.504 e. The van der Waals surface area contributed by atoms with Gasteiger partial charge in [-0.3, -0.25) is 4.79 Å². The first-order valence-electron chi connectivity index (χ1n) is 9.34. The van der Waals surface area contributed by atoms with Gasteiger partial charge in [0.2, 0.25) is 0 Å². The Morgan fingerprint density at radius 2 is 1.76 bits per heavy atom. The van der Waals surface area contributed by atoms with Crippen molar-refractivity contribution in [1.29, 1.82) is 0 Å². The van der Waals surface area contributed by atoms with E-state index in [0.717, 1.165) is 5.57 Å². The fraction of sp³-hybridized carbons (Fsp3) is 0.842. The number of rotatable bonds is 0. The maximum atomic E-state index is 13.6. The summed E-state index contributed by atoms with van der Waals surface area (Å²) in [6.45, 7) is 1.63. The maximum Gasteiger partial charge on any atom is 0.417 e. The smallest absolute Gasteiger partial charge is 0.417 e. The van der Waals surface area contributed by atoms with Gasteiger partial charge in [-0.2, -0.15) is 13.2 Å². The molecule has 0 spiro atoms. The van der Waals surface area contributed by atoms with E-state index in [1.807, 2.05) is 0 Å². The molecule has 4 aliphatic carbocycles. The molecule has 25 heavy (non-hydrogen) atoms. The fourth-order valence-electron chi connectivity index (χ4n) is 6.75. The Labute approximate surface area is 145 Å². The first kappa shape index (κ1) is 17.4. The third-order valence-corrected chi connectivity index (χ3v) is 8.08. The van der Waals surface area contributed by atoms with Crippen LogP contribution in [-0.4, -0.2) is 27.8 Å². The number of aliphatic hydroxyl groups is 2. The van der Waals surface area contributed by atoms with E-state index >= 15 is 0 Å². The molecule has 2 N–H and O–H groups in total. The highest BCUT2D eigenvalue weighted by Crippen LogP contribution is 2.67. The Bertz CT molecular complexity index is 640. The summed E-state index contributed by atoms with van der Waals surface area (Å²) in [7, 11) is 0. The van der Waals surface area contributed by atoms with Crippen molar-refractivity contribution in [2.24, 2.45) is 29.1 Å². The molecule has 3 nitrogen and oxygen atoms in total. The number of Topliss-reactive ketones (excluding diaryl/α,β-unsaturated/α-hetero) is 1. The zero-order valence-corrected chi connectivity index (χ0v) is 14.4. The third-order valence-electron chi connectivity index (χ3n) is 8.08. The number of fused-ring (bicyclic) bond motifs is 5. The molecule has 4 aliphatic rings. The maximum absolute atomic E-state index is 13.6. The molecule has 3 fully saturated rings. The molecule has 0 aliphatic heterocycles. The number of carbonyl (C=O) groups is 1. The molecule has 0 aromatic carbocycles. The Kier molecular flexibility index (Phi) is 3.64. The van der Waals surface area contributed by atoms with E-state index in [0.29, 0.717) is 44.9 Å². The molecule has 6 heteroatoms. The number of halogens is 3. The monoisotopic (exact) mass is 358 g/mol. The van der Waals surface area contributed by atoms with Crippen LogP contribution in [0.3, 0.4) is 0 Å². The molecule has 4 rings (SSSR count). The van der Waals surface area contributed by atoms with Gasteiger partial charge in [0.05, 0.1) is 0 Å². The van der Waals surface area contributed by atoms with Gasteiger partial charge >= 0.3 is 6.18 Å². The van der Waals surface area contributed by atoms with E-state index in [1.54, 1.807) is 6.92 Å². The molecule has 0 heterocycles. The van der Waals surface area contributed by atoms with Gasteiger partial charge in [-0.25, -0.2) is 0 Å². The average molecular weight is 358 g/mol. The van der Waals surface area contributed by atoms with Crippen LogP contribution in [0.1, 0.15) is 58.3 Å². The summed E-state index contributed by atoms with van der Waals surface area (Å²) in [5, 5.41) is 20.7. The topological polar surface area (TPSA) is 57.5 Å². The SMILES string of the molecule is C[C@]12CCC3C4CCC(=O)C(O)=C4CCC3C1CC[C@]2(O)C(F)(F)F. The molecule has 140 valence electrons. The number of alkyl halides is 3. The van der Waals surface area contributed by atoms with Crippen LogP contribution in [-0.2, 0) is 4.79 Å². The summed E-state index contributed by atoms with van der Waals surface area (Å²) in [6.07, 6.45) is -1.08. The second-order valence-corrected chi connectivity index (χ2v) is 8.77. The molecule has 0 aromatic rings. The third kappa shape index (κ3) is 2.12. The van der Waals surface area contributed by atoms with E-state index in [-0.39, 0.29) is 41.6 Å². The zero-order chi connectivity index (χ0) is 18.2. The minimum atomic E-state index is -4.60. The van der Waals surface area contributed by atoms with Crippen LogP contribution in [0, 0.1) is 29.1 Å². The first-order chi connectivity index (χ1) is 11.6. The van der Waals surface area contributed by atoms with Gasteiger partial charge in [0, 0.05) is 11.8 Å². The molecular formula is C19H25F3O3. The van der Waals surface area contributed by atoms with Crippen molar-refractivity contribution >= 4 is 5.78 Å². The van der Waals surface area contributed by atoms with Crippen LogP contribution in [0.2, 0.25) is 0 Å². The average Bonchev–Trinajstić information content (AvgIpc) is 2.83. The molecule has 0 amide bonds. The lowest BCUT2D eigenvalue weighted by molar-refractivity contribution is -0.302. The first-order valence-corrected chi connectivity index (χ1v) is 9.34. The second kappa shape index (κ2) is 5.24. The van der Waals surface area contributed by atoms with Crippen molar-refractivity contribution in [2.75, 3.05) is 0 Å². The fourth-order valence-corrected chi connectivity index (χ4v) is 6.75. The minimum Gasteiger partial charge on any atom is -0.504 e. The van der Waals surface area contributed by atoms with Gasteiger partial charge < -0.3 is 10.2 Å². The number of allylic oxidation sites excluding steroid dienone is 1. The molecule has 0 saturated heterocycles. The molecule has 0 radical (unpaired) electrons. The summed E-state index contributed by atoms with van der Waals surface area (Å²) < 4.78 is 40.9. The van der Waals surface area contributed by atoms with E-state index < -0.39 is 17.2 Å². The summed E-state index contributed by atoms with van der Waals surface area (Å²) >= 11 is 0. The lowest BCUT2D eigenvalue weighted by atomic mass is 9.50. The normalized spacial score (nSPS) is 47.3. The number of ketones is 1. The summed E-state index contributed by atoms with van der Waals surface area (Å²) in [6, 6.07) is 0. The Hall–Kier alpha value is -1.04. The molecule has 4 unspecified atom stereocenters. The van der Waals surface area contributed by atoms with Gasteiger partial charge in [0.1, 0.15) is 0 Å². The van der Waals surface area contributed by atoms with Crippen LogP contribution in [0.15, 0.2) is 11.3 Å². The van der Waals surface area contributed by atoms with Crippen LogP contribution >= 0.6 is 0 Å². The van der Waals surface area contributed by atoms with Crippen LogP contribution in [0.5, 0.6) is 0 Å². The lowest BCUT2D eigenvalue weighted by Gasteiger charge is -2.55. The molecule has 6 atom stereocenters. The Morgan fingerprint density at radius 1 is 1.04 bits per heavy atom. The van der Waals surface area contributed by atoms with Gasteiger partial charge in [-0.15, -0.1) is 0 Å². The number of hydrogen-bond acceptors (Lipinski definition) is 3. The van der Waals surface area contributed by atoms with Crippen LogP contribution in [0.4, 0.5) is 13.2 Å². The number of carbonyl (C=O) groups excluding carboxylic acids is 1. The Morgan fingerprint density at radius 3 is 2.44 bits per heavy atom. The summed E-state index contributed by atoms with van der Waals surface area (Å²) in [5.41, 5.74) is -2.87. The van der Waals surface area contributed by atoms with E-state index in [2.05, 4.69) is 0 Å². The van der Waals surface area contributed by atoms with Crippen molar-refractivity contribution in [1.82, 2.24) is 0 Å². The zero-order valence-electron chi connectivity index (χ0n) is 14.4. The quantitative estimate of drug-likeness (QED) is 0.678. The van der Waals surface area contributed by atoms with Gasteiger partial charge in [-0.1, -0.05) is 6.92 Å². The summed E-state index contributed by atoms with van der Waals surface area (Å²) in [5.74, 6) is 0.0798. The van der Waals surface area contributed by atoms with Crippen LogP contribution in [0.25, 0.3) is 0 Å². The highest BCUT2D eigenvalue weighted by atomic mass is 19.4. The highest BCUT2D eigenvalue weighted by Gasteiger charge is 2.71. The standard InChI is InChI=1S/C19H25F3O3/c1-17-8-6-11-10-4-5-15(23)16(24)13(10)3-2-12(11)14(17)7-9-18(17,25)19(20,21)22/h10-12,14,24-25H,2-9H2,1H3/t10?,11?,12?,14?,17-,18+/m0/s1. The van der Waals surface area contributed by atoms with Crippen molar-refractivity contribution in [3.05, 3.63) is 11.3 Å². The number of aliphatic hydroxyl groups excluding tert-OH is 1. The van der Waals surface area contributed by atoms with E-state index in [9.17, 15) is 28.2 Å². The van der Waals surface area contributed by atoms with Crippen molar-refractivity contribution < 1.29 is 28.2 Å². The van der Waals surface area contributed by atoms with Gasteiger partial charge in [0.25, 0.3) is 0 Å². The lowest BCUT2D eigenvalue weighted by Crippen LogP contribution is -2.59. The number of hydrogen-bond donors (Lipinski definition) is 2. The Balaban J connectivity index is 1.67. The van der Waals surface area contributed by atoms with Crippen molar-refractivity contribution in [3.63, 3.8) is 0 Å². The van der Waals surface area contributed by atoms with E-state index in [1.165, 1.54) is 0 Å². The van der Waals surface area contributed by atoms with E-state index in [4.69, 9.17) is 0 Å². The second-order valence-electron chi connectivity index (χ2n) is 8.77. The predicted molar refractivity (Wildman–Crippen MR) is 84.7 cm³/mol. The van der Waals surface area contributed by atoms with Crippen molar-refractivity contribution in [2.45, 2.75) is 70.1 Å². The predicted octanol–water partition coefficient (Wildman–Crippen LogP) is 4.31. The minimum absolute atomic E-state index is 0.0822. The molecule has 3 saturated carbocycles. The van der Waals surface area contributed by atoms with Crippen LogP contribution < -0.4 is 0 Å². The van der Waals surface area contributed by atoms with Gasteiger partial charge in [0.15, 0.2) is 17.1 Å². The highest BCUT2D eigenvalue weighted by molar-refractivity contribution is 5.94.